The molecule has 0 saturated carbocycles. The Balaban J connectivity index is 2.34. The van der Waals surface area contributed by atoms with Crippen molar-refractivity contribution >= 4 is 27.8 Å². The van der Waals surface area contributed by atoms with Crippen LogP contribution in [0.4, 0.5) is 0 Å². The predicted molar refractivity (Wildman–Crippen MR) is 69.6 cm³/mol. The first-order chi connectivity index (χ1) is 8.61. The fourth-order valence-electron chi connectivity index (χ4n) is 1.96. The van der Waals surface area contributed by atoms with Gasteiger partial charge in [-0.05, 0) is 12.8 Å². The van der Waals surface area contributed by atoms with Gasteiger partial charge >= 0.3 is 5.97 Å². The van der Waals surface area contributed by atoms with Crippen molar-refractivity contribution in [1.82, 2.24) is 15.0 Å². The molecule has 2 heterocycles. The van der Waals surface area contributed by atoms with Crippen LogP contribution in [0, 0.1) is 5.41 Å². The van der Waals surface area contributed by atoms with Crippen LogP contribution in [0.25, 0.3) is 10.5 Å². The molecule has 6 heteroatoms. The summed E-state index contributed by atoms with van der Waals surface area (Å²) in [6.45, 7) is 3.81. The highest BCUT2D eigenvalue weighted by Gasteiger charge is 2.36. The molecule has 5 nitrogen and oxygen atoms in total. The summed E-state index contributed by atoms with van der Waals surface area (Å²) in [5, 5.41) is 10.2. The van der Waals surface area contributed by atoms with Gasteiger partial charge in [0.25, 0.3) is 0 Å². The van der Waals surface area contributed by atoms with Gasteiger partial charge in [0.2, 0.25) is 0 Å². The molecule has 0 unspecified atom stereocenters. The molecule has 1 N–H and O–H groups in total. The van der Waals surface area contributed by atoms with Gasteiger partial charge in [-0.2, -0.15) is 0 Å². The molecule has 0 bridgehead atoms. The zero-order valence-corrected chi connectivity index (χ0v) is 11.2. The van der Waals surface area contributed by atoms with Gasteiger partial charge in [0.1, 0.15) is 0 Å². The normalized spacial score (nSPS) is 11.9. The van der Waals surface area contributed by atoms with Gasteiger partial charge in [-0.15, -0.1) is 0 Å². The van der Waals surface area contributed by atoms with Gasteiger partial charge in [0.15, 0.2) is 10.5 Å². The van der Waals surface area contributed by atoms with E-state index in [2.05, 4.69) is 15.0 Å². The van der Waals surface area contributed by atoms with E-state index in [4.69, 9.17) is 0 Å². The summed E-state index contributed by atoms with van der Waals surface area (Å²) < 4.78 is 0. The van der Waals surface area contributed by atoms with Crippen molar-refractivity contribution in [2.75, 3.05) is 0 Å². The smallest absolute Gasteiger partial charge is 0.310 e. The van der Waals surface area contributed by atoms with Crippen LogP contribution in [0.3, 0.4) is 0 Å². The molecule has 0 aliphatic rings. The van der Waals surface area contributed by atoms with Gasteiger partial charge in [-0.3, -0.25) is 4.79 Å². The molecule has 18 heavy (non-hydrogen) atoms. The maximum atomic E-state index is 11.4. The minimum atomic E-state index is -0.757. The van der Waals surface area contributed by atoms with Crippen molar-refractivity contribution < 1.29 is 9.90 Å². The average molecular weight is 265 g/mol. The van der Waals surface area contributed by atoms with Crippen LogP contribution in [0.2, 0.25) is 0 Å². The van der Waals surface area contributed by atoms with Crippen LogP contribution in [0.5, 0.6) is 0 Å². The third-order valence-corrected chi connectivity index (χ3v) is 4.34. The summed E-state index contributed by atoms with van der Waals surface area (Å²) in [5.74, 6) is -0.757. The lowest BCUT2D eigenvalue weighted by Gasteiger charge is -2.25. The van der Waals surface area contributed by atoms with Gasteiger partial charge in [0, 0.05) is 18.8 Å². The Labute approximate surface area is 109 Å². The number of carboxylic acids is 1. The maximum Gasteiger partial charge on any atom is 0.310 e. The number of hydrogen-bond donors (Lipinski definition) is 1. The van der Waals surface area contributed by atoms with Crippen LogP contribution >= 0.6 is 11.3 Å². The third kappa shape index (κ3) is 2.20. The summed E-state index contributed by atoms with van der Waals surface area (Å²) >= 11 is 1.42. The summed E-state index contributed by atoms with van der Waals surface area (Å²) in [6.07, 6.45) is 4.84. The topological polar surface area (TPSA) is 76.0 Å². The lowest BCUT2D eigenvalue weighted by Crippen LogP contribution is -2.32. The van der Waals surface area contributed by atoms with Crippen molar-refractivity contribution in [2.24, 2.45) is 5.41 Å². The highest BCUT2D eigenvalue weighted by Crippen LogP contribution is 2.33. The van der Waals surface area contributed by atoms with Crippen molar-refractivity contribution in [1.29, 1.82) is 0 Å². The minimum absolute atomic E-state index is 0.442. The number of hydrogen-bond acceptors (Lipinski definition) is 5. The number of aliphatic carboxylic acids is 1. The van der Waals surface area contributed by atoms with Crippen molar-refractivity contribution in [2.45, 2.75) is 33.1 Å². The first kappa shape index (κ1) is 12.9. The maximum absolute atomic E-state index is 11.4. The molecule has 0 saturated heterocycles. The molecular weight excluding hydrogens is 250 g/mol. The number of thiazole rings is 1. The zero-order chi connectivity index (χ0) is 13.2. The van der Waals surface area contributed by atoms with E-state index in [9.17, 15) is 9.90 Å². The molecular formula is C12H15N3O2S. The Morgan fingerprint density at radius 2 is 2.00 bits per heavy atom. The Morgan fingerprint density at radius 3 is 2.56 bits per heavy atom. The summed E-state index contributed by atoms with van der Waals surface area (Å²) in [4.78, 5) is 24.9. The number of carbonyl (C=O) groups is 1. The zero-order valence-electron chi connectivity index (χ0n) is 10.4. The largest absolute Gasteiger partial charge is 0.481 e. The molecule has 2 aromatic heterocycles. The molecule has 0 aromatic carbocycles. The number of rotatable bonds is 5. The van der Waals surface area contributed by atoms with Crippen LogP contribution in [-0.2, 0) is 11.2 Å². The Bertz CT molecular complexity index is 530. The monoisotopic (exact) mass is 265 g/mol. The molecule has 0 radical (unpaired) electrons. The van der Waals surface area contributed by atoms with E-state index in [1.807, 2.05) is 13.8 Å². The lowest BCUT2D eigenvalue weighted by atomic mass is 9.79. The first-order valence-electron chi connectivity index (χ1n) is 5.91. The van der Waals surface area contributed by atoms with E-state index in [0.717, 1.165) is 9.84 Å². The standard InChI is InChI=1S/C12H15N3O2S/c1-3-12(4-2,11(16)17)7-8-15-9-10(18-8)14-6-5-13-9/h5-6H,3-4,7H2,1-2H3,(H,16,17). The number of fused-ring (bicyclic) bond motifs is 1. The van der Waals surface area contributed by atoms with E-state index in [1.165, 1.54) is 11.3 Å². The first-order valence-corrected chi connectivity index (χ1v) is 6.73. The second-order valence-electron chi connectivity index (χ2n) is 4.26. The summed E-state index contributed by atoms with van der Waals surface area (Å²) in [6, 6.07) is 0. The number of aromatic nitrogens is 3. The fourth-order valence-corrected chi connectivity index (χ4v) is 2.97. The predicted octanol–water partition coefficient (Wildman–Crippen LogP) is 2.52. The van der Waals surface area contributed by atoms with E-state index in [0.29, 0.717) is 24.9 Å². The molecule has 0 spiro atoms. The highest BCUT2D eigenvalue weighted by molar-refractivity contribution is 7.18. The molecule has 0 aliphatic carbocycles. The van der Waals surface area contributed by atoms with E-state index in [1.54, 1.807) is 12.4 Å². The molecule has 0 amide bonds. The molecule has 2 rings (SSSR count). The number of nitrogens with zero attached hydrogens (tertiary/aromatic N) is 3. The SMILES string of the molecule is CCC(CC)(Cc1nc2nccnc2s1)C(=O)O. The summed E-state index contributed by atoms with van der Waals surface area (Å²) in [7, 11) is 0. The van der Waals surface area contributed by atoms with E-state index in [-0.39, 0.29) is 0 Å². The van der Waals surface area contributed by atoms with Crippen LogP contribution in [0.15, 0.2) is 12.4 Å². The molecule has 96 valence electrons. The molecule has 0 aliphatic heterocycles. The fraction of sp³-hybridized carbons (Fsp3) is 0.500. The van der Waals surface area contributed by atoms with Crippen molar-refractivity contribution in [3.05, 3.63) is 17.4 Å². The van der Waals surface area contributed by atoms with E-state index >= 15 is 0 Å². The second kappa shape index (κ2) is 4.97. The van der Waals surface area contributed by atoms with Crippen LogP contribution in [0.1, 0.15) is 31.7 Å². The lowest BCUT2D eigenvalue weighted by molar-refractivity contribution is -0.149. The Morgan fingerprint density at radius 1 is 1.33 bits per heavy atom. The van der Waals surface area contributed by atoms with Gasteiger partial charge < -0.3 is 5.11 Å². The minimum Gasteiger partial charge on any atom is -0.481 e. The average Bonchev–Trinajstić information content (AvgIpc) is 2.77. The molecule has 0 fully saturated rings. The Hall–Kier alpha value is -1.56. The van der Waals surface area contributed by atoms with E-state index < -0.39 is 11.4 Å². The molecule has 0 atom stereocenters. The third-order valence-electron chi connectivity index (χ3n) is 3.39. The van der Waals surface area contributed by atoms with Gasteiger partial charge in [0.05, 0.1) is 10.4 Å². The summed E-state index contributed by atoms with van der Waals surface area (Å²) in [5.41, 5.74) is -0.127. The molecule has 2 aromatic rings. The number of carboxylic acid groups (broad SMARTS) is 1. The van der Waals surface area contributed by atoms with Gasteiger partial charge in [-0.1, -0.05) is 25.2 Å². The highest BCUT2D eigenvalue weighted by atomic mass is 32.1. The van der Waals surface area contributed by atoms with Crippen LogP contribution in [-0.4, -0.2) is 26.0 Å². The van der Waals surface area contributed by atoms with Gasteiger partial charge in [-0.25, -0.2) is 15.0 Å². The van der Waals surface area contributed by atoms with Crippen molar-refractivity contribution in [3.8, 4) is 0 Å². The van der Waals surface area contributed by atoms with Crippen molar-refractivity contribution in [3.63, 3.8) is 0 Å². The van der Waals surface area contributed by atoms with Crippen LogP contribution < -0.4 is 0 Å². The second-order valence-corrected chi connectivity index (χ2v) is 5.32. The quantitative estimate of drug-likeness (QED) is 0.899. The Kier molecular flexibility index (Phi) is 3.56.